The van der Waals surface area contributed by atoms with Crippen LogP contribution in [0, 0.1) is 0 Å². The van der Waals surface area contributed by atoms with Crippen molar-refractivity contribution < 1.29 is 41.1 Å². The highest BCUT2D eigenvalue weighted by Crippen LogP contribution is 2.08. The number of unbranched alkanes of at least 4 members (excludes halogenated alkanes) is 6. The number of hydrogen-bond acceptors (Lipinski definition) is 4. The fourth-order valence-corrected chi connectivity index (χ4v) is 4.55. The molecule has 2 aromatic rings. The van der Waals surface area contributed by atoms with Crippen molar-refractivity contribution in [3.8, 4) is 0 Å². The zero-order chi connectivity index (χ0) is 27.2. The molecule has 0 aliphatic carbocycles. The summed E-state index contributed by atoms with van der Waals surface area (Å²) in [6.45, 7) is 1.26. The topological polar surface area (TPSA) is 60.1 Å². The molecule has 0 saturated heterocycles. The number of allylic oxidation sites excluding steroid dienone is 5. The number of pyridine rings is 2. The second-order valence-electron chi connectivity index (χ2n) is 9.75. The molecule has 216 valence electrons. The van der Waals surface area contributed by atoms with Crippen molar-refractivity contribution >= 4 is 10.1 Å². The van der Waals surface area contributed by atoms with E-state index in [1.54, 1.807) is 0 Å². The van der Waals surface area contributed by atoms with Crippen LogP contribution >= 0.6 is 0 Å². The average molecular weight is 667 g/mol. The molecule has 0 fully saturated rings. The Balaban J connectivity index is 0.00000760. The average Bonchev–Trinajstić information content (AvgIpc) is 2.90. The molecule has 2 rings (SSSR count). The van der Waals surface area contributed by atoms with Gasteiger partial charge in [-0.3, -0.25) is 9.17 Å². The molecule has 39 heavy (non-hydrogen) atoms. The van der Waals surface area contributed by atoms with E-state index in [2.05, 4.69) is 70.5 Å². The zero-order valence-corrected chi connectivity index (χ0v) is 26.6. The van der Waals surface area contributed by atoms with Gasteiger partial charge in [-0.25, -0.2) is 4.57 Å². The van der Waals surface area contributed by atoms with Crippen LogP contribution < -0.4 is 28.5 Å². The summed E-state index contributed by atoms with van der Waals surface area (Å²) in [5, 5.41) is 0. The number of aryl methyl sites for hydroxylation is 3. The van der Waals surface area contributed by atoms with Gasteiger partial charge in [0.15, 0.2) is 18.9 Å². The fourth-order valence-electron chi connectivity index (χ4n) is 4.15. The van der Waals surface area contributed by atoms with Gasteiger partial charge >= 0.3 is 0 Å². The Bertz CT molecular complexity index is 1070. The standard InChI is InChI=1S/C32H47N2O3S.HI/c1-38(35,36)37-28-18-14-10-5-3-2-4-7-12-16-22-32-24-20-27-34(30-32)26-17-13-9-6-8-11-15-21-31-23-19-25-33-29-31;/h4,7,9-10,13-14,19-20,23-25,27,29-30H,2-3,5-6,8,11-12,15-18,21-22,26,28H2,1H3;1H/q+1;/p-1/b7-4-,13-9+,14-10+;. The van der Waals surface area contributed by atoms with Gasteiger partial charge in [-0.2, -0.15) is 8.42 Å². The van der Waals surface area contributed by atoms with Crippen molar-refractivity contribution in [1.29, 1.82) is 0 Å². The highest BCUT2D eigenvalue weighted by molar-refractivity contribution is 7.85. The Hall–Kier alpha value is -1.84. The fraction of sp³-hybridized carbons (Fsp3) is 0.500. The smallest absolute Gasteiger partial charge is 0.264 e. The van der Waals surface area contributed by atoms with E-state index < -0.39 is 10.1 Å². The maximum Gasteiger partial charge on any atom is 0.264 e. The van der Waals surface area contributed by atoms with Gasteiger partial charge in [0, 0.05) is 30.4 Å². The molecule has 2 heterocycles. The van der Waals surface area contributed by atoms with Crippen LogP contribution in [0.4, 0.5) is 0 Å². The normalized spacial score (nSPS) is 12.0. The molecule has 0 radical (unpaired) electrons. The van der Waals surface area contributed by atoms with Crippen LogP contribution in [-0.2, 0) is 33.7 Å². The summed E-state index contributed by atoms with van der Waals surface area (Å²) in [5.74, 6) is 0. The lowest BCUT2D eigenvalue weighted by molar-refractivity contribution is -0.696. The number of aromatic nitrogens is 2. The maximum atomic E-state index is 10.9. The first-order valence-electron chi connectivity index (χ1n) is 14.2. The van der Waals surface area contributed by atoms with Crippen LogP contribution in [0.1, 0.15) is 81.8 Å². The van der Waals surface area contributed by atoms with E-state index in [0.717, 1.165) is 57.7 Å². The Morgan fingerprint density at radius 1 is 0.769 bits per heavy atom. The first-order chi connectivity index (χ1) is 18.5. The van der Waals surface area contributed by atoms with Crippen molar-refractivity contribution in [2.24, 2.45) is 0 Å². The summed E-state index contributed by atoms with van der Waals surface area (Å²) in [6.07, 6.45) is 37.1. The summed E-state index contributed by atoms with van der Waals surface area (Å²) in [6, 6.07) is 8.57. The second-order valence-corrected chi connectivity index (χ2v) is 11.4. The van der Waals surface area contributed by atoms with Crippen molar-refractivity contribution in [3.63, 3.8) is 0 Å². The van der Waals surface area contributed by atoms with Crippen molar-refractivity contribution in [2.45, 2.75) is 90.0 Å². The van der Waals surface area contributed by atoms with Crippen LogP contribution in [0.5, 0.6) is 0 Å². The van der Waals surface area contributed by atoms with Gasteiger partial charge in [0.05, 0.1) is 12.9 Å². The zero-order valence-electron chi connectivity index (χ0n) is 23.6. The third kappa shape index (κ3) is 20.7. The largest absolute Gasteiger partial charge is 1.00 e. The molecular formula is C32H47IN2O3S. The molecule has 0 aliphatic rings. The highest BCUT2D eigenvalue weighted by atomic mass is 127. The van der Waals surface area contributed by atoms with Gasteiger partial charge in [-0.15, -0.1) is 0 Å². The molecule has 0 atom stereocenters. The predicted molar refractivity (Wildman–Crippen MR) is 157 cm³/mol. The van der Waals surface area contributed by atoms with E-state index in [-0.39, 0.29) is 30.6 Å². The van der Waals surface area contributed by atoms with Gasteiger partial charge in [-0.05, 0) is 88.3 Å². The Morgan fingerprint density at radius 2 is 1.41 bits per heavy atom. The predicted octanol–water partition coefficient (Wildman–Crippen LogP) is 4.09. The monoisotopic (exact) mass is 666 g/mol. The summed E-state index contributed by atoms with van der Waals surface area (Å²) in [7, 11) is -3.32. The van der Waals surface area contributed by atoms with E-state index in [4.69, 9.17) is 4.18 Å². The number of rotatable bonds is 21. The minimum Gasteiger partial charge on any atom is -1.00 e. The lowest BCUT2D eigenvalue weighted by Gasteiger charge is -2.00. The molecule has 0 bridgehead atoms. The molecule has 7 heteroatoms. The van der Waals surface area contributed by atoms with E-state index in [1.807, 2.05) is 24.5 Å². The molecule has 0 aromatic carbocycles. The number of halogens is 1. The van der Waals surface area contributed by atoms with Crippen molar-refractivity contribution in [2.75, 3.05) is 12.9 Å². The third-order valence-corrected chi connectivity index (χ3v) is 6.79. The third-order valence-electron chi connectivity index (χ3n) is 6.19. The van der Waals surface area contributed by atoms with Gasteiger partial charge in [0.2, 0.25) is 0 Å². The minimum atomic E-state index is -3.32. The number of nitrogens with zero attached hydrogens (tertiary/aromatic N) is 2. The Labute approximate surface area is 254 Å². The second kappa shape index (κ2) is 22.9. The first-order valence-corrected chi connectivity index (χ1v) is 16.0. The van der Waals surface area contributed by atoms with Crippen molar-refractivity contribution in [3.05, 3.63) is 96.6 Å². The van der Waals surface area contributed by atoms with E-state index in [1.165, 1.54) is 43.2 Å². The summed E-state index contributed by atoms with van der Waals surface area (Å²) >= 11 is 0. The molecule has 0 N–H and O–H groups in total. The van der Waals surface area contributed by atoms with Crippen molar-refractivity contribution in [1.82, 2.24) is 4.98 Å². The lowest BCUT2D eigenvalue weighted by atomic mass is 10.1. The number of hydrogen-bond donors (Lipinski definition) is 0. The van der Waals surface area contributed by atoms with Crippen LogP contribution in [0.3, 0.4) is 0 Å². The van der Waals surface area contributed by atoms with Gasteiger partial charge in [-0.1, -0.05) is 48.9 Å². The highest BCUT2D eigenvalue weighted by Gasteiger charge is 2.02. The molecule has 2 aromatic heterocycles. The molecule has 0 aliphatic heterocycles. The Morgan fingerprint density at radius 3 is 2.13 bits per heavy atom. The molecule has 0 amide bonds. The van der Waals surface area contributed by atoms with Gasteiger partial charge < -0.3 is 24.0 Å². The molecule has 0 saturated carbocycles. The van der Waals surface area contributed by atoms with Gasteiger partial charge in [0.1, 0.15) is 0 Å². The van der Waals surface area contributed by atoms with E-state index in [0.29, 0.717) is 6.42 Å². The van der Waals surface area contributed by atoms with Crippen LogP contribution in [-0.4, -0.2) is 26.3 Å². The van der Waals surface area contributed by atoms with Gasteiger partial charge in [0.25, 0.3) is 10.1 Å². The van der Waals surface area contributed by atoms with Crippen LogP contribution in [0.25, 0.3) is 0 Å². The van der Waals surface area contributed by atoms with E-state index >= 15 is 0 Å². The molecule has 5 nitrogen and oxygen atoms in total. The molecule has 0 unspecified atom stereocenters. The van der Waals surface area contributed by atoms with Crippen LogP contribution in [0.2, 0.25) is 0 Å². The molecular weight excluding hydrogens is 619 g/mol. The first kappa shape index (κ1) is 35.2. The quantitative estimate of drug-likeness (QED) is 0.0663. The summed E-state index contributed by atoms with van der Waals surface area (Å²) in [5.41, 5.74) is 2.75. The molecule has 0 spiro atoms. The van der Waals surface area contributed by atoms with E-state index in [9.17, 15) is 8.42 Å². The summed E-state index contributed by atoms with van der Waals surface area (Å²) < 4.78 is 28.8. The maximum absolute atomic E-state index is 10.9. The Kier molecular flexibility index (Phi) is 20.7. The lowest BCUT2D eigenvalue weighted by Crippen LogP contribution is -3.00. The van der Waals surface area contributed by atoms with Crippen LogP contribution in [0.15, 0.2) is 85.5 Å². The minimum absolute atomic E-state index is 0. The summed E-state index contributed by atoms with van der Waals surface area (Å²) in [4.78, 5) is 4.18. The SMILES string of the molecule is CS(=O)(=O)OCC/C=C/CCC/C=C\CCCc1ccc[n+](CC/C=C/CCCCCc2cccnc2)c1.[I-].